The van der Waals surface area contributed by atoms with Crippen LogP contribution in [0.4, 0.5) is 21.0 Å². The Hall–Kier alpha value is -3.99. The average molecular weight is 618 g/mol. The Balaban J connectivity index is 1.14. The number of hydrogen-bond acceptors (Lipinski definition) is 7. The summed E-state index contributed by atoms with van der Waals surface area (Å²) in [5.41, 5.74) is 4.62. The van der Waals surface area contributed by atoms with E-state index in [2.05, 4.69) is 46.4 Å². The van der Waals surface area contributed by atoms with Crippen LogP contribution in [0, 0.1) is 11.7 Å². The molecule has 2 aliphatic heterocycles. The molecule has 2 fully saturated rings. The number of carbonyl (C=O) groups is 2. The lowest BCUT2D eigenvalue weighted by atomic mass is 10.1. The Labute approximate surface area is 261 Å². The van der Waals surface area contributed by atoms with E-state index in [1.54, 1.807) is 23.5 Å². The van der Waals surface area contributed by atoms with Gasteiger partial charge in [-0.1, -0.05) is 20.3 Å². The highest BCUT2D eigenvalue weighted by Crippen LogP contribution is 2.34. The maximum atomic E-state index is 13.4. The maximum absolute atomic E-state index is 13.4. The SMILES string of the molecule is CCCCC(=O)N1CCC(C(=O)N2CCN(c3ccc4nc(CC)c(N(C)c5nc(-c6ccc(F)cc6)cs5)n4c3)CC2)C1. The van der Waals surface area contributed by atoms with Crippen LogP contribution in [0.2, 0.25) is 0 Å². The largest absolute Gasteiger partial charge is 0.367 e. The van der Waals surface area contributed by atoms with Gasteiger partial charge in [0.25, 0.3) is 0 Å². The molecule has 2 saturated heterocycles. The van der Waals surface area contributed by atoms with Crippen molar-refractivity contribution in [3.05, 3.63) is 59.5 Å². The molecule has 1 unspecified atom stereocenters. The van der Waals surface area contributed by atoms with Gasteiger partial charge in [0.15, 0.2) is 5.13 Å². The monoisotopic (exact) mass is 617 g/mol. The van der Waals surface area contributed by atoms with Crippen molar-refractivity contribution in [1.29, 1.82) is 0 Å². The van der Waals surface area contributed by atoms with E-state index in [0.29, 0.717) is 32.6 Å². The van der Waals surface area contributed by atoms with Crippen molar-refractivity contribution in [2.45, 2.75) is 46.0 Å². The van der Waals surface area contributed by atoms with Crippen LogP contribution >= 0.6 is 11.3 Å². The summed E-state index contributed by atoms with van der Waals surface area (Å²) in [5, 5.41) is 2.82. The van der Waals surface area contributed by atoms with Gasteiger partial charge in [0.1, 0.15) is 17.3 Å². The van der Waals surface area contributed by atoms with E-state index >= 15 is 0 Å². The topological polar surface area (TPSA) is 77.3 Å². The number of aryl methyl sites for hydroxylation is 1. The molecule has 0 radical (unpaired) electrons. The highest BCUT2D eigenvalue weighted by atomic mass is 32.1. The molecule has 5 heterocycles. The van der Waals surface area contributed by atoms with Crippen LogP contribution in [0.25, 0.3) is 16.9 Å². The lowest BCUT2D eigenvalue weighted by Gasteiger charge is -2.37. The summed E-state index contributed by atoms with van der Waals surface area (Å²) in [6.07, 6.45) is 6.15. The van der Waals surface area contributed by atoms with Crippen molar-refractivity contribution < 1.29 is 14.0 Å². The van der Waals surface area contributed by atoms with Gasteiger partial charge in [0.2, 0.25) is 11.8 Å². The standard InChI is InChI=1S/C33H40FN7O2S/c1-4-6-7-30(42)40-15-14-24(20-40)32(43)39-18-16-38(17-19-39)26-12-13-29-35-27(5-2)31(41(29)21-26)37(3)33-36-28(22-44-33)23-8-10-25(34)11-9-23/h8-13,21-22,24H,4-7,14-20H2,1-3H3. The smallest absolute Gasteiger partial charge is 0.227 e. The average Bonchev–Trinajstić information content (AvgIpc) is 3.82. The Bertz CT molecular complexity index is 1630. The normalized spacial score (nSPS) is 17.1. The summed E-state index contributed by atoms with van der Waals surface area (Å²) in [5.74, 6) is 0.980. The second-order valence-electron chi connectivity index (χ2n) is 11.7. The zero-order chi connectivity index (χ0) is 30.8. The molecule has 44 heavy (non-hydrogen) atoms. The number of amides is 2. The van der Waals surface area contributed by atoms with Crippen LogP contribution in [-0.4, -0.2) is 82.3 Å². The first-order valence-corrected chi connectivity index (χ1v) is 16.5. The molecule has 11 heteroatoms. The molecule has 6 rings (SSSR count). The number of halogens is 1. The van der Waals surface area contributed by atoms with Gasteiger partial charge in [-0.15, -0.1) is 11.3 Å². The Kier molecular flexibility index (Phi) is 8.83. The van der Waals surface area contributed by atoms with Crippen LogP contribution in [-0.2, 0) is 16.0 Å². The van der Waals surface area contributed by atoms with Gasteiger partial charge in [-0.3, -0.25) is 14.0 Å². The maximum Gasteiger partial charge on any atom is 0.227 e. The van der Waals surface area contributed by atoms with E-state index < -0.39 is 0 Å². The van der Waals surface area contributed by atoms with Crippen molar-refractivity contribution in [2.75, 3.05) is 56.1 Å². The minimum Gasteiger partial charge on any atom is -0.367 e. The third-order valence-electron chi connectivity index (χ3n) is 8.81. The molecule has 1 atom stereocenters. The number of hydrogen-bond donors (Lipinski definition) is 0. The highest BCUT2D eigenvalue weighted by molar-refractivity contribution is 7.14. The third kappa shape index (κ3) is 6.02. The lowest BCUT2D eigenvalue weighted by molar-refractivity contribution is -0.136. The Morgan fingerprint density at radius 1 is 1.00 bits per heavy atom. The number of benzene rings is 1. The fourth-order valence-corrected chi connectivity index (χ4v) is 7.03. The predicted octanol–water partition coefficient (Wildman–Crippen LogP) is 5.61. The number of imidazole rings is 1. The molecule has 0 N–H and O–H groups in total. The van der Waals surface area contributed by atoms with E-state index in [0.717, 1.165) is 78.0 Å². The number of rotatable bonds is 9. The van der Waals surface area contributed by atoms with Crippen LogP contribution in [0.1, 0.15) is 45.2 Å². The second kappa shape index (κ2) is 12.9. The molecule has 0 saturated carbocycles. The van der Waals surface area contributed by atoms with Crippen molar-refractivity contribution >= 4 is 45.4 Å². The molecule has 4 aromatic rings. The number of piperazine rings is 1. The molecule has 0 aliphatic carbocycles. The fraction of sp³-hybridized carbons (Fsp3) is 0.455. The number of nitrogens with zero attached hydrogens (tertiary/aromatic N) is 7. The van der Waals surface area contributed by atoms with Gasteiger partial charge in [0, 0.05) is 69.9 Å². The number of pyridine rings is 1. The molecule has 3 aromatic heterocycles. The van der Waals surface area contributed by atoms with E-state index in [1.807, 2.05) is 22.2 Å². The summed E-state index contributed by atoms with van der Waals surface area (Å²) >= 11 is 1.54. The zero-order valence-corrected chi connectivity index (χ0v) is 26.5. The number of unbranched alkanes of at least 4 members (excludes halogenated alkanes) is 1. The summed E-state index contributed by atoms with van der Waals surface area (Å²) in [4.78, 5) is 43.8. The number of likely N-dealkylation sites (tertiary alicyclic amines) is 1. The van der Waals surface area contributed by atoms with E-state index in [4.69, 9.17) is 9.97 Å². The van der Waals surface area contributed by atoms with Crippen molar-refractivity contribution in [3.8, 4) is 11.3 Å². The fourth-order valence-electron chi connectivity index (χ4n) is 6.23. The van der Waals surface area contributed by atoms with Crippen LogP contribution in [0.3, 0.4) is 0 Å². The Morgan fingerprint density at radius 3 is 2.50 bits per heavy atom. The number of aromatic nitrogens is 3. The summed E-state index contributed by atoms with van der Waals surface area (Å²) < 4.78 is 15.6. The predicted molar refractivity (Wildman–Crippen MR) is 173 cm³/mol. The van der Waals surface area contributed by atoms with Gasteiger partial charge >= 0.3 is 0 Å². The number of fused-ring (bicyclic) bond motifs is 1. The van der Waals surface area contributed by atoms with Gasteiger partial charge in [-0.25, -0.2) is 14.4 Å². The third-order valence-corrected chi connectivity index (χ3v) is 9.73. The highest BCUT2D eigenvalue weighted by Gasteiger charge is 2.34. The van der Waals surface area contributed by atoms with Crippen LogP contribution < -0.4 is 9.80 Å². The van der Waals surface area contributed by atoms with Gasteiger partial charge < -0.3 is 19.6 Å². The molecule has 9 nitrogen and oxygen atoms in total. The number of carbonyl (C=O) groups excluding carboxylic acids is 2. The van der Waals surface area contributed by atoms with Crippen LogP contribution in [0.15, 0.2) is 48.0 Å². The number of thiazole rings is 1. The molecule has 232 valence electrons. The molecule has 0 spiro atoms. The van der Waals surface area contributed by atoms with Gasteiger partial charge in [-0.2, -0.15) is 0 Å². The Morgan fingerprint density at radius 2 is 1.77 bits per heavy atom. The van der Waals surface area contributed by atoms with Crippen molar-refractivity contribution in [1.82, 2.24) is 24.2 Å². The lowest BCUT2D eigenvalue weighted by Crippen LogP contribution is -2.50. The van der Waals surface area contributed by atoms with E-state index in [1.165, 1.54) is 12.1 Å². The summed E-state index contributed by atoms with van der Waals surface area (Å²) in [7, 11) is 2.01. The molecule has 0 bridgehead atoms. The first-order valence-electron chi connectivity index (χ1n) is 15.6. The van der Waals surface area contributed by atoms with Crippen molar-refractivity contribution in [2.24, 2.45) is 5.92 Å². The summed E-state index contributed by atoms with van der Waals surface area (Å²) in [6.45, 7) is 8.26. The first kappa shape index (κ1) is 30.1. The minimum atomic E-state index is -0.264. The molecular weight excluding hydrogens is 577 g/mol. The second-order valence-corrected chi connectivity index (χ2v) is 12.5. The molecule has 2 amide bonds. The first-order chi connectivity index (χ1) is 21.4. The van der Waals surface area contributed by atoms with Crippen LogP contribution in [0.5, 0.6) is 0 Å². The molecule has 2 aliphatic rings. The summed E-state index contributed by atoms with van der Waals surface area (Å²) in [6, 6.07) is 10.6. The minimum absolute atomic E-state index is 0.0885. The van der Waals surface area contributed by atoms with E-state index in [9.17, 15) is 14.0 Å². The zero-order valence-electron chi connectivity index (χ0n) is 25.7. The number of anilines is 3. The van der Waals surface area contributed by atoms with Gasteiger partial charge in [0.05, 0.1) is 23.0 Å². The molecule has 1 aromatic carbocycles. The van der Waals surface area contributed by atoms with Gasteiger partial charge in [-0.05, 0) is 55.7 Å². The molecular formula is C33H40FN7O2S. The quantitative estimate of drug-likeness (QED) is 0.243. The van der Waals surface area contributed by atoms with Crippen molar-refractivity contribution in [3.63, 3.8) is 0 Å². The van der Waals surface area contributed by atoms with E-state index in [-0.39, 0.29) is 23.5 Å².